The summed E-state index contributed by atoms with van der Waals surface area (Å²) >= 11 is 4.94. The van der Waals surface area contributed by atoms with Crippen LogP contribution in [0.1, 0.15) is 0 Å². The monoisotopic (exact) mass is 277 g/mol. The van der Waals surface area contributed by atoms with Gasteiger partial charge in [0.2, 0.25) is 5.75 Å². The Balaban J connectivity index is 2.67. The number of methoxy groups -OCH3 is 1. The van der Waals surface area contributed by atoms with Crippen LogP contribution in [0.25, 0.3) is 21.9 Å². The summed E-state index contributed by atoms with van der Waals surface area (Å²) in [6, 6.07) is 4.57. The van der Waals surface area contributed by atoms with Crippen LogP contribution in [0.4, 0.5) is 5.69 Å². The molecule has 0 aliphatic carbocycles. The van der Waals surface area contributed by atoms with E-state index in [9.17, 15) is 10.1 Å². The number of nitro benzene ring substituents is 1. The van der Waals surface area contributed by atoms with Crippen LogP contribution < -0.4 is 4.74 Å². The standard InChI is InChI=1S/C12H7NO5S/c1-16-12-10-7(4-5-17-10)9(13(14)15)6-2-3-8(19)18-11(6)12/h2-5H,1H3. The highest BCUT2D eigenvalue weighted by molar-refractivity contribution is 7.71. The number of rotatable bonds is 2. The van der Waals surface area contributed by atoms with Gasteiger partial charge in [0.25, 0.3) is 5.69 Å². The van der Waals surface area contributed by atoms with E-state index in [1.165, 1.54) is 25.5 Å². The second-order valence-electron chi connectivity index (χ2n) is 3.80. The van der Waals surface area contributed by atoms with E-state index in [4.69, 9.17) is 25.8 Å². The van der Waals surface area contributed by atoms with E-state index in [2.05, 4.69) is 0 Å². The first-order valence-corrected chi connectivity index (χ1v) is 5.69. The molecular weight excluding hydrogens is 270 g/mol. The molecule has 0 aliphatic heterocycles. The molecule has 0 amide bonds. The van der Waals surface area contributed by atoms with E-state index < -0.39 is 4.92 Å². The minimum absolute atomic E-state index is 0.0849. The van der Waals surface area contributed by atoms with Crippen molar-refractivity contribution in [3.8, 4) is 5.75 Å². The Labute approximate surface area is 111 Å². The number of nitro groups is 1. The Hall–Kier alpha value is -2.41. The van der Waals surface area contributed by atoms with E-state index in [1.807, 2.05) is 0 Å². The number of nitrogens with zero attached hydrogens (tertiary/aromatic N) is 1. The number of non-ortho nitro benzene ring substituents is 1. The average molecular weight is 277 g/mol. The predicted molar refractivity (Wildman–Crippen MR) is 70.0 cm³/mol. The molecule has 0 radical (unpaired) electrons. The van der Waals surface area contributed by atoms with Crippen LogP contribution in [0.2, 0.25) is 0 Å². The third kappa shape index (κ3) is 1.59. The van der Waals surface area contributed by atoms with Gasteiger partial charge in [0.05, 0.1) is 23.7 Å². The van der Waals surface area contributed by atoms with Crippen molar-refractivity contribution in [2.45, 2.75) is 0 Å². The Bertz CT molecular complexity index is 864. The van der Waals surface area contributed by atoms with Gasteiger partial charge >= 0.3 is 0 Å². The summed E-state index contributed by atoms with van der Waals surface area (Å²) < 4.78 is 16.1. The topological polar surface area (TPSA) is 78.7 Å². The minimum atomic E-state index is -0.474. The highest BCUT2D eigenvalue weighted by Gasteiger charge is 2.25. The molecular formula is C12H7NO5S. The first-order chi connectivity index (χ1) is 9.13. The molecule has 0 fully saturated rings. The van der Waals surface area contributed by atoms with Crippen molar-refractivity contribution in [1.29, 1.82) is 0 Å². The average Bonchev–Trinajstić information content (AvgIpc) is 2.83. The fourth-order valence-corrected chi connectivity index (χ4v) is 2.23. The van der Waals surface area contributed by atoms with E-state index in [-0.39, 0.29) is 21.6 Å². The maximum atomic E-state index is 11.3. The van der Waals surface area contributed by atoms with Crippen molar-refractivity contribution in [3.05, 3.63) is 39.3 Å². The first-order valence-electron chi connectivity index (χ1n) is 5.29. The van der Waals surface area contributed by atoms with Crippen LogP contribution in [-0.2, 0) is 0 Å². The second-order valence-corrected chi connectivity index (χ2v) is 4.20. The van der Waals surface area contributed by atoms with Crippen LogP contribution in [0.5, 0.6) is 5.75 Å². The molecule has 2 aromatic heterocycles. The molecule has 0 atom stereocenters. The van der Waals surface area contributed by atoms with Gasteiger partial charge in [0, 0.05) is 0 Å². The fourth-order valence-electron chi connectivity index (χ4n) is 2.07. The molecule has 6 nitrogen and oxygen atoms in total. The molecule has 2 heterocycles. The molecule has 96 valence electrons. The molecule has 0 bridgehead atoms. The van der Waals surface area contributed by atoms with Crippen LogP contribution >= 0.6 is 12.2 Å². The number of benzene rings is 1. The summed E-state index contributed by atoms with van der Waals surface area (Å²) in [7, 11) is 1.44. The fraction of sp³-hybridized carbons (Fsp3) is 0.0833. The lowest BCUT2D eigenvalue weighted by Gasteiger charge is -2.06. The molecule has 0 spiro atoms. The largest absolute Gasteiger partial charge is 0.490 e. The Morgan fingerprint density at radius 2 is 2.00 bits per heavy atom. The minimum Gasteiger partial charge on any atom is -0.490 e. The van der Waals surface area contributed by atoms with Gasteiger partial charge in [-0.05, 0) is 30.4 Å². The van der Waals surface area contributed by atoms with Gasteiger partial charge in [-0.15, -0.1) is 0 Å². The Kier molecular flexibility index (Phi) is 2.49. The van der Waals surface area contributed by atoms with Crippen molar-refractivity contribution in [3.63, 3.8) is 0 Å². The van der Waals surface area contributed by atoms with Crippen LogP contribution in [0.15, 0.2) is 33.3 Å². The summed E-state index contributed by atoms with van der Waals surface area (Å²) in [6.45, 7) is 0. The van der Waals surface area contributed by atoms with Crippen LogP contribution in [0, 0.1) is 14.8 Å². The first kappa shape index (κ1) is 11.7. The van der Waals surface area contributed by atoms with Gasteiger partial charge < -0.3 is 13.6 Å². The van der Waals surface area contributed by atoms with Gasteiger partial charge in [0.1, 0.15) is 5.39 Å². The number of furan rings is 1. The molecule has 3 aromatic rings. The molecule has 0 aliphatic rings. The summed E-state index contributed by atoms with van der Waals surface area (Å²) in [6.07, 6.45) is 1.37. The number of ether oxygens (including phenoxy) is 1. The lowest BCUT2D eigenvalue weighted by Crippen LogP contribution is -1.93. The van der Waals surface area contributed by atoms with E-state index in [1.54, 1.807) is 6.07 Å². The molecule has 0 saturated heterocycles. The third-order valence-electron chi connectivity index (χ3n) is 2.81. The van der Waals surface area contributed by atoms with Gasteiger partial charge in [0.15, 0.2) is 15.9 Å². The quantitative estimate of drug-likeness (QED) is 0.402. The van der Waals surface area contributed by atoms with Gasteiger partial charge in [-0.2, -0.15) is 0 Å². The molecule has 19 heavy (non-hydrogen) atoms. The van der Waals surface area contributed by atoms with Crippen molar-refractivity contribution >= 4 is 39.8 Å². The molecule has 0 N–H and O–H groups in total. The van der Waals surface area contributed by atoms with Gasteiger partial charge in [-0.3, -0.25) is 10.1 Å². The summed E-state index contributed by atoms with van der Waals surface area (Å²) in [5.74, 6) is 0.298. The number of hydrogen-bond acceptors (Lipinski definition) is 6. The molecule has 0 unspecified atom stereocenters. The maximum Gasteiger partial charge on any atom is 0.291 e. The van der Waals surface area contributed by atoms with Crippen molar-refractivity contribution in [2.24, 2.45) is 0 Å². The number of fused-ring (bicyclic) bond motifs is 2. The Morgan fingerprint density at radius 1 is 1.26 bits per heavy atom. The zero-order valence-corrected chi connectivity index (χ0v) is 10.5. The highest BCUT2D eigenvalue weighted by Crippen LogP contribution is 2.42. The van der Waals surface area contributed by atoms with Crippen molar-refractivity contribution in [1.82, 2.24) is 0 Å². The summed E-state index contributed by atoms with van der Waals surface area (Å²) in [5, 5.41) is 12.0. The van der Waals surface area contributed by atoms with Crippen molar-refractivity contribution < 1.29 is 18.5 Å². The zero-order chi connectivity index (χ0) is 13.6. The highest BCUT2D eigenvalue weighted by atomic mass is 32.1. The molecule has 3 rings (SSSR count). The molecule has 0 saturated carbocycles. The predicted octanol–water partition coefficient (Wildman–Crippen LogP) is 3.83. The number of hydrogen-bond donors (Lipinski definition) is 0. The van der Waals surface area contributed by atoms with E-state index in [0.717, 1.165) is 0 Å². The SMILES string of the molecule is COc1c2occc2c([N+](=O)[O-])c2ccc(=S)oc12. The zero-order valence-electron chi connectivity index (χ0n) is 9.71. The summed E-state index contributed by atoms with van der Waals surface area (Å²) in [4.78, 5) is 10.8. The van der Waals surface area contributed by atoms with Crippen LogP contribution in [-0.4, -0.2) is 12.0 Å². The molecule has 7 heteroatoms. The normalized spacial score (nSPS) is 11.0. The second kappa shape index (κ2) is 4.06. The third-order valence-corrected chi connectivity index (χ3v) is 3.03. The maximum absolute atomic E-state index is 11.3. The lowest BCUT2D eigenvalue weighted by atomic mass is 10.1. The van der Waals surface area contributed by atoms with Crippen LogP contribution in [0.3, 0.4) is 0 Å². The summed E-state index contributed by atoms with van der Waals surface area (Å²) in [5.41, 5.74) is 0.397. The Morgan fingerprint density at radius 3 is 2.68 bits per heavy atom. The van der Waals surface area contributed by atoms with E-state index in [0.29, 0.717) is 16.5 Å². The smallest absolute Gasteiger partial charge is 0.291 e. The van der Waals surface area contributed by atoms with E-state index >= 15 is 0 Å². The molecule has 1 aromatic carbocycles. The van der Waals surface area contributed by atoms with Gasteiger partial charge in [-0.25, -0.2) is 0 Å². The van der Waals surface area contributed by atoms with Crippen molar-refractivity contribution in [2.75, 3.05) is 7.11 Å². The lowest BCUT2D eigenvalue weighted by molar-refractivity contribution is -0.381. The van der Waals surface area contributed by atoms with Gasteiger partial charge in [-0.1, -0.05) is 0 Å².